The molecular weight excluding hydrogens is 206 g/mol. The standard InChI is InChI=1S/C9H16F2N2O2/c10-9(11)7(14)5-13-8(15)3-6-1-2-12-4-6/h6-7,9,12,14H,1-5H2,(H,13,15). The number of hydrogen-bond acceptors (Lipinski definition) is 3. The topological polar surface area (TPSA) is 61.4 Å². The van der Waals surface area contributed by atoms with Gasteiger partial charge in [-0.2, -0.15) is 0 Å². The third kappa shape index (κ3) is 4.53. The molecule has 88 valence electrons. The van der Waals surface area contributed by atoms with Crippen molar-refractivity contribution in [2.45, 2.75) is 25.4 Å². The van der Waals surface area contributed by atoms with E-state index in [0.29, 0.717) is 6.42 Å². The van der Waals surface area contributed by atoms with E-state index in [1.807, 2.05) is 0 Å². The van der Waals surface area contributed by atoms with Crippen molar-refractivity contribution in [3.63, 3.8) is 0 Å². The molecule has 2 unspecified atom stereocenters. The summed E-state index contributed by atoms with van der Waals surface area (Å²) in [6.07, 6.45) is -3.30. The van der Waals surface area contributed by atoms with Crippen LogP contribution in [0.5, 0.6) is 0 Å². The summed E-state index contributed by atoms with van der Waals surface area (Å²) in [6, 6.07) is 0. The Balaban J connectivity index is 2.12. The quantitative estimate of drug-likeness (QED) is 0.600. The Labute approximate surface area is 87.0 Å². The van der Waals surface area contributed by atoms with Crippen molar-refractivity contribution in [3.8, 4) is 0 Å². The average molecular weight is 222 g/mol. The summed E-state index contributed by atoms with van der Waals surface area (Å²) in [5.74, 6) is 0.0112. The molecule has 0 radical (unpaired) electrons. The van der Waals surface area contributed by atoms with Crippen LogP contribution in [0.2, 0.25) is 0 Å². The number of halogens is 2. The molecule has 4 nitrogen and oxygen atoms in total. The van der Waals surface area contributed by atoms with Crippen LogP contribution in [-0.2, 0) is 4.79 Å². The van der Waals surface area contributed by atoms with Gasteiger partial charge >= 0.3 is 0 Å². The maximum Gasteiger partial charge on any atom is 0.265 e. The number of aliphatic hydroxyl groups is 1. The van der Waals surface area contributed by atoms with E-state index in [4.69, 9.17) is 5.11 Å². The zero-order valence-corrected chi connectivity index (χ0v) is 8.38. The predicted octanol–water partition coefficient (Wildman–Crippen LogP) is -0.272. The highest BCUT2D eigenvalue weighted by Crippen LogP contribution is 2.11. The molecule has 1 rings (SSSR count). The number of carbonyl (C=O) groups is 1. The van der Waals surface area contributed by atoms with E-state index >= 15 is 0 Å². The molecule has 15 heavy (non-hydrogen) atoms. The van der Waals surface area contributed by atoms with Crippen LogP contribution in [0.25, 0.3) is 0 Å². The number of aliphatic hydroxyl groups excluding tert-OH is 1. The first-order chi connectivity index (χ1) is 7.09. The molecule has 0 aromatic heterocycles. The molecule has 0 spiro atoms. The lowest BCUT2D eigenvalue weighted by atomic mass is 10.0. The van der Waals surface area contributed by atoms with Gasteiger partial charge in [-0.15, -0.1) is 0 Å². The van der Waals surface area contributed by atoms with E-state index in [1.165, 1.54) is 0 Å². The molecule has 0 aliphatic carbocycles. The summed E-state index contributed by atoms with van der Waals surface area (Å²) in [5.41, 5.74) is 0. The molecule has 0 bridgehead atoms. The first kappa shape index (κ1) is 12.3. The fourth-order valence-electron chi connectivity index (χ4n) is 1.53. The van der Waals surface area contributed by atoms with Gasteiger partial charge in [-0.3, -0.25) is 4.79 Å². The van der Waals surface area contributed by atoms with Crippen molar-refractivity contribution in [1.82, 2.24) is 10.6 Å². The molecule has 6 heteroatoms. The largest absolute Gasteiger partial charge is 0.385 e. The van der Waals surface area contributed by atoms with Crippen molar-refractivity contribution in [1.29, 1.82) is 0 Å². The van der Waals surface area contributed by atoms with Gasteiger partial charge in [0.05, 0.1) is 0 Å². The summed E-state index contributed by atoms with van der Waals surface area (Å²) >= 11 is 0. The summed E-state index contributed by atoms with van der Waals surface area (Å²) in [6.45, 7) is 1.32. The van der Waals surface area contributed by atoms with E-state index in [9.17, 15) is 13.6 Å². The van der Waals surface area contributed by atoms with Gasteiger partial charge in [-0.05, 0) is 25.4 Å². The van der Waals surface area contributed by atoms with Crippen molar-refractivity contribution in [3.05, 3.63) is 0 Å². The predicted molar refractivity (Wildman–Crippen MR) is 50.6 cm³/mol. The van der Waals surface area contributed by atoms with E-state index < -0.39 is 12.5 Å². The number of hydrogen-bond donors (Lipinski definition) is 3. The van der Waals surface area contributed by atoms with Crippen LogP contribution in [0.15, 0.2) is 0 Å². The molecular formula is C9H16F2N2O2. The minimum Gasteiger partial charge on any atom is -0.385 e. The normalized spacial score (nSPS) is 23.1. The van der Waals surface area contributed by atoms with Gasteiger partial charge in [0.1, 0.15) is 6.10 Å². The van der Waals surface area contributed by atoms with Crippen LogP contribution in [0.4, 0.5) is 8.78 Å². The Bertz CT molecular complexity index is 208. The maximum atomic E-state index is 11.9. The zero-order chi connectivity index (χ0) is 11.3. The fraction of sp³-hybridized carbons (Fsp3) is 0.889. The van der Waals surface area contributed by atoms with Crippen LogP contribution in [0.3, 0.4) is 0 Å². The third-order valence-corrected chi connectivity index (χ3v) is 2.44. The Morgan fingerprint density at radius 1 is 1.60 bits per heavy atom. The summed E-state index contributed by atoms with van der Waals surface area (Å²) in [5, 5.41) is 14.2. The van der Waals surface area contributed by atoms with Crippen LogP contribution in [0, 0.1) is 5.92 Å². The number of alkyl halides is 2. The SMILES string of the molecule is O=C(CC1CCNC1)NCC(O)C(F)F. The molecule has 1 fully saturated rings. The zero-order valence-electron chi connectivity index (χ0n) is 8.38. The number of carbonyl (C=O) groups excluding carboxylic acids is 1. The molecule has 2 atom stereocenters. The van der Waals surface area contributed by atoms with Crippen molar-refractivity contribution < 1.29 is 18.7 Å². The number of rotatable bonds is 5. The number of nitrogens with one attached hydrogen (secondary N) is 2. The second kappa shape index (κ2) is 5.97. The highest BCUT2D eigenvalue weighted by molar-refractivity contribution is 5.76. The Morgan fingerprint density at radius 3 is 2.87 bits per heavy atom. The molecule has 1 aliphatic heterocycles. The van der Waals surface area contributed by atoms with Crippen LogP contribution in [-0.4, -0.2) is 43.2 Å². The van der Waals surface area contributed by atoms with E-state index in [-0.39, 0.29) is 18.4 Å². The molecule has 1 aliphatic rings. The minimum atomic E-state index is -2.81. The van der Waals surface area contributed by atoms with Gasteiger partial charge in [0, 0.05) is 13.0 Å². The highest BCUT2D eigenvalue weighted by Gasteiger charge is 2.20. The van der Waals surface area contributed by atoms with Gasteiger partial charge in [0.25, 0.3) is 6.43 Å². The van der Waals surface area contributed by atoms with Crippen LogP contribution < -0.4 is 10.6 Å². The first-order valence-electron chi connectivity index (χ1n) is 5.03. The number of amides is 1. The monoisotopic (exact) mass is 222 g/mol. The molecule has 0 aromatic carbocycles. The Hall–Kier alpha value is -0.750. The molecule has 3 N–H and O–H groups in total. The Morgan fingerprint density at radius 2 is 2.33 bits per heavy atom. The van der Waals surface area contributed by atoms with Crippen LogP contribution >= 0.6 is 0 Å². The van der Waals surface area contributed by atoms with E-state index in [1.54, 1.807) is 0 Å². The maximum absolute atomic E-state index is 11.9. The average Bonchev–Trinajstić information content (AvgIpc) is 2.66. The summed E-state index contributed by atoms with van der Waals surface area (Å²) in [7, 11) is 0. The molecule has 1 heterocycles. The lowest BCUT2D eigenvalue weighted by molar-refractivity contribution is -0.122. The van der Waals surface area contributed by atoms with Crippen molar-refractivity contribution in [2.24, 2.45) is 5.92 Å². The summed E-state index contributed by atoms with van der Waals surface area (Å²) in [4.78, 5) is 11.2. The lowest BCUT2D eigenvalue weighted by Gasteiger charge is -2.12. The fourth-order valence-corrected chi connectivity index (χ4v) is 1.53. The second-order valence-corrected chi connectivity index (χ2v) is 3.77. The van der Waals surface area contributed by atoms with Gasteiger partial charge in [-0.25, -0.2) is 8.78 Å². The van der Waals surface area contributed by atoms with Crippen molar-refractivity contribution in [2.75, 3.05) is 19.6 Å². The first-order valence-corrected chi connectivity index (χ1v) is 5.03. The van der Waals surface area contributed by atoms with Gasteiger partial charge in [0.15, 0.2) is 0 Å². The summed E-state index contributed by atoms with van der Waals surface area (Å²) < 4.78 is 23.7. The van der Waals surface area contributed by atoms with E-state index in [0.717, 1.165) is 19.5 Å². The molecule has 1 amide bonds. The lowest BCUT2D eigenvalue weighted by Crippen LogP contribution is -2.36. The van der Waals surface area contributed by atoms with E-state index in [2.05, 4.69) is 10.6 Å². The van der Waals surface area contributed by atoms with Crippen molar-refractivity contribution >= 4 is 5.91 Å². The minimum absolute atomic E-state index is 0.275. The Kier molecular flexibility index (Phi) is 4.90. The van der Waals surface area contributed by atoms with Crippen LogP contribution in [0.1, 0.15) is 12.8 Å². The van der Waals surface area contributed by atoms with Gasteiger partial charge < -0.3 is 15.7 Å². The molecule has 1 saturated heterocycles. The molecule has 0 aromatic rings. The second-order valence-electron chi connectivity index (χ2n) is 3.77. The smallest absolute Gasteiger partial charge is 0.265 e. The highest BCUT2D eigenvalue weighted by atomic mass is 19.3. The molecule has 0 saturated carbocycles. The third-order valence-electron chi connectivity index (χ3n) is 2.44. The van der Waals surface area contributed by atoms with Gasteiger partial charge in [-0.1, -0.05) is 0 Å². The van der Waals surface area contributed by atoms with Gasteiger partial charge in [0.2, 0.25) is 5.91 Å².